The summed E-state index contributed by atoms with van der Waals surface area (Å²) in [4.78, 5) is 27.8. The standard InChI is InChI=1S/C26H26N2O3/c29-22-9-7-17(8-10-22)18-11-13-28(14-12-18)26(31)23-15-20-3-1-2-4-21(20)16-24(23)27-25(30)19-5-6-19/h1-4,7-10,15-16,18-19,29H,5-6,11-14H2,(H,27,30). The van der Waals surface area contributed by atoms with Crippen LogP contribution in [0.15, 0.2) is 60.7 Å². The zero-order valence-electron chi connectivity index (χ0n) is 17.4. The van der Waals surface area contributed by atoms with E-state index in [0.717, 1.165) is 36.5 Å². The molecule has 1 heterocycles. The molecule has 5 heteroatoms. The van der Waals surface area contributed by atoms with E-state index in [1.54, 1.807) is 12.1 Å². The van der Waals surface area contributed by atoms with Gasteiger partial charge in [0.1, 0.15) is 5.75 Å². The van der Waals surface area contributed by atoms with Gasteiger partial charge >= 0.3 is 0 Å². The summed E-state index contributed by atoms with van der Waals surface area (Å²) in [7, 11) is 0. The third-order valence-corrected chi connectivity index (χ3v) is 6.47. The predicted molar refractivity (Wildman–Crippen MR) is 121 cm³/mol. The maximum absolute atomic E-state index is 13.5. The van der Waals surface area contributed by atoms with Crippen LogP contribution in [0, 0.1) is 5.92 Å². The van der Waals surface area contributed by atoms with Crippen molar-refractivity contribution in [2.75, 3.05) is 18.4 Å². The van der Waals surface area contributed by atoms with Crippen LogP contribution in [0.3, 0.4) is 0 Å². The van der Waals surface area contributed by atoms with Gasteiger partial charge in [-0.1, -0.05) is 36.4 Å². The topological polar surface area (TPSA) is 69.6 Å². The predicted octanol–water partition coefficient (Wildman–Crippen LogP) is 4.91. The first-order valence-corrected chi connectivity index (χ1v) is 11.0. The molecule has 0 radical (unpaired) electrons. The maximum atomic E-state index is 13.5. The first kappa shape index (κ1) is 19.6. The highest BCUT2D eigenvalue weighted by molar-refractivity contribution is 6.08. The Hall–Kier alpha value is -3.34. The number of amides is 2. The average molecular weight is 415 g/mol. The van der Waals surface area contributed by atoms with Gasteiger partial charge in [0.15, 0.2) is 0 Å². The second kappa shape index (κ2) is 8.06. The fourth-order valence-corrected chi connectivity index (χ4v) is 4.43. The molecule has 5 rings (SSSR count). The van der Waals surface area contributed by atoms with Crippen LogP contribution in [0.4, 0.5) is 5.69 Å². The minimum Gasteiger partial charge on any atom is -0.508 e. The van der Waals surface area contributed by atoms with Crippen LogP contribution < -0.4 is 5.32 Å². The second-order valence-electron chi connectivity index (χ2n) is 8.67. The van der Waals surface area contributed by atoms with E-state index >= 15 is 0 Å². The van der Waals surface area contributed by atoms with Crippen molar-refractivity contribution in [2.45, 2.75) is 31.6 Å². The van der Waals surface area contributed by atoms with E-state index in [4.69, 9.17) is 0 Å². The van der Waals surface area contributed by atoms with Gasteiger partial charge in [-0.25, -0.2) is 0 Å². The van der Waals surface area contributed by atoms with E-state index in [-0.39, 0.29) is 23.5 Å². The molecule has 31 heavy (non-hydrogen) atoms. The Labute approximate surface area is 181 Å². The van der Waals surface area contributed by atoms with E-state index < -0.39 is 0 Å². The molecule has 0 aromatic heterocycles. The quantitative estimate of drug-likeness (QED) is 0.637. The number of hydrogen-bond acceptors (Lipinski definition) is 3. The van der Waals surface area contributed by atoms with Gasteiger partial charge in [-0.15, -0.1) is 0 Å². The molecule has 0 atom stereocenters. The van der Waals surface area contributed by atoms with Crippen LogP contribution in [0.25, 0.3) is 10.8 Å². The van der Waals surface area contributed by atoms with E-state index in [1.165, 1.54) is 5.56 Å². The van der Waals surface area contributed by atoms with Crippen molar-refractivity contribution in [3.05, 3.63) is 71.8 Å². The van der Waals surface area contributed by atoms with Crippen molar-refractivity contribution in [1.82, 2.24) is 4.90 Å². The Bertz CT molecular complexity index is 1130. The molecule has 3 aromatic rings. The summed E-state index contributed by atoms with van der Waals surface area (Å²) in [6.07, 6.45) is 3.61. The number of hydrogen-bond donors (Lipinski definition) is 2. The minimum absolute atomic E-state index is 0.00960. The number of anilines is 1. The molecular weight excluding hydrogens is 388 g/mol. The number of piperidine rings is 1. The van der Waals surface area contributed by atoms with Gasteiger partial charge in [-0.05, 0) is 72.2 Å². The number of carbonyl (C=O) groups is 2. The zero-order chi connectivity index (χ0) is 21.4. The molecule has 2 aliphatic rings. The molecule has 1 saturated heterocycles. The van der Waals surface area contributed by atoms with Crippen molar-refractivity contribution < 1.29 is 14.7 Å². The number of carbonyl (C=O) groups excluding carboxylic acids is 2. The number of benzene rings is 3. The SMILES string of the molecule is O=C(Nc1cc2ccccc2cc1C(=O)N1CCC(c2ccc(O)cc2)CC1)C1CC1. The van der Waals surface area contributed by atoms with Gasteiger partial charge in [0.25, 0.3) is 5.91 Å². The molecule has 2 amide bonds. The largest absolute Gasteiger partial charge is 0.508 e. The fraction of sp³-hybridized carbons (Fsp3) is 0.308. The van der Waals surface area contributed by atoms with Crippen molar-refractivity contribution in [3.63, 3.8) is 0 Å². The Morgan fingerprint density at radius 3 is 2.16 bits per heavy atom. The first-order valence-electron chi connectivity index (χ1n) is 11.0. The molecule has 0 bridgehead atoms. The second-order valence-corrected chi connectivity index (χ2v) is 8.67. The Morgan fingerprint density at radius 1 is 0.871 bits per heavy atom. The highest BCUT2D eigenvalue weighted by atomic mass is 16.3. The van der Waals surface area contributed by atoms with Crippen molar-refractivity contribution in [2.24, 2.45) is 5.92 Å². The monoisotopic (exact) mass is 414 g/mol. The number of likely N-dealkylation sites (tertiary alicyclic amines) is 1. The lowest BCUT2D eigenvalue weighted by atomic mass is 9.89. The van der Waals surface area contributed by atoms with Gasteiger partial charge < -0.3 is 15.3 Å². The van der Waals surface area contributed by atoms with E-state index in [1.807, 2.05) is 53.4 Å². The molecule has 2 fully saturated rings. The van der Waals surface area contributed by atoms with Crippen LogP contribution in [-0.4, -0.2) is 34.9 Å². The van der Waals surface area contributed by atoms with Gasteiger partial charge in [0.2, 0.25) is 5.91 Å². The molecule has 0 unspecified atom stereocenters. The molecule has 5 nitrogen and oxygen atoms in total. The fourth-order valence-electron chi connectivity index (χ4n) is 4.43. The third-order valence-electron chi connectivity index (χ3n) is 6.47. The Morgan fingerprint density at radius 2 is 1.52 bits per heavy atom. The van der Waals surface area contributed by atoms with E-state index in [2.05, 4.69) is 5.32 Å². The molecule has 1 aliphatic heterocycles. The van der Waals surface area contributed by atoms with Crippen molar-refractivity contribution in [3.8, 4) is 5.75 Å². The molecule has 3 aromatic carbocycles. The van der Waals surface area contributed by atoms with Crippen molar-refractivity contribution >= 4 is 28.3 Å². The van der Waals surface area contributed by atoms with Crippen molar-refractivity contribution in [1.29, 1.82) is 0 Å². The Kier molecular flexibility index (Phi) is 5.10. The number of rotatable bonds is 4. The molecular formula is C26H26N2O3. The maximum Gasteiger partial charge on any atom is 0.255 e. The number of aromatic hydroxyl groups is 1. The molecule has 158 valence electrons. The highest BCUT2D eigenvalue weighted by Crippen LogP contribution is 2.34. The number of phenols is 1. The number of phenolic OH excluding ortho intramolecular Hbond substituents is 1. The van der Waals surface area contributed by atoms with Gasteiger partial charge in [0.05, 0.1) is 11.3 Å². The molecule has 2 N–H and O–H groups in total. The summed E-state index contributed by atoms with van der Waals surface area (Å²) in [5.74, 6) is 0.718. The minimum atomic E-state index is -0.0268. The number of nitrogens with zero attached hydrogens (tertiary/aromatic N) is 1. The summed E-state index contributed by atoms with van der Waals surface area (Å²) in [5, 5.41) is 14.5. The summed E-state index contributed by atoms with van der Waals surface area (Å²) in [6.45, 7) is 1.35. The van der Waals surface area contributed by atoms with E-state index in [9.17, 15) is 14.7 Å². The summed E-state index contributed by atoms with van der Waals surface area (Å²) >= 11 is 0. The van der Waals surface area contributed by atoms with Crippen LogP contribution in [0.5, 0.6) is 5.75 Å². The normalized spacial score (nSPS) is 17.0. The number of fused-ring (bicyclic) bond motifs is 1. The summed E-state index contributed by atoms with van der Waals surface area (Å²) in [5.41, 5.74) is 2.38. The average Bonchev–Trinajstić information content (AvgIpc) is 3.64. The lowest BCUT2D eigenvalue weighted by Gasteiger charge is -2.33. The lowest BCUT2D eigenvalue weighted by molar-refractivity contribution is -0.117. The highest BCUT2D eigenvalue weighted by Gasteiger charge is 2.31. The van der Waals surface area contributed by atoms with Gasteiger partial charge in [-0.2, -0.15) is 0 Å². The van der Waals surface area contributed by atoms with E-state index in [0.29, 0.717) is 30.3 Å². The summed E-state index contributed by atoms with van der Waals surface area (Å²) in [6, 6.07) is 19.1. The zero-order valence-corrected chi connectivity index (χ0v) is 17.4. The van der Waals surface area contributed by atoms with Gasteiger partial charge in [0, 0.05) is 19.0 Å². The molecule has 1 aliphatic carbocycles. The van der Waals surface area contributed by atoms with Gasteiger partial charge in [-0.3, -0.25) is 9.59 Å². The summed E-state index contributed by atoms with van der Waals surface area (Å²) < 4.78 is 0. The van der Waals surface area contributed by atoms with Crippen LogP contribution >= 0.6 is 0 Å². The van der Waals surface area contributed by atoms with Crippen LogP contribution in [0.1, 0.15) is 47.5 Å². The van der Waals surface area contributed by atoms with Crippen LogP contribution in [0.2, 0.25) is 0 Å². The smallest absolute Gasteiger partial charge is 0.255 e. The first-order chi connectivity index (χ1) is 15.1. The van der Waals surface area contributed by atoms with Crippen LogP contribution in [-0.2, 0) is 4.79 Å². The third kappa shape index (κ3) is 4.13. The lowest BCUT2D eigenvalue weighted by Crippen LogP contribution is -2.38. The number of nitrogens with one attached hydrogen (secondary N) is 1. The molecule has 1 saturated carbocycles. The molecule has 0 spiro atoms. The Balaban J connectivity index is 1.37.